The van der Waals surface area contributed by atoms with Crippen molar-refractivity contribution in [1.82, 2.24) is 4.72 Å². The van der Waals surface area contributed by atoms with E-state index in [2.05, 4.69) is 17.0 Å². The van der Waals surface area contributed by atoms with Crippen molar-refractivity contribution in [3.05, 3.63) is 24.3 Å². The lowest BCUT2D eigenvalue weighted by Gasteiger charge is -2.16. The Morgan fingerprint density at radius 2 is 1.90 bits per heavy atom. The quantitative estimate of drug-likeness (QED) is 0.849. The van der Waals surface area contributed by atoms with Gasteiger partial charge in [-0.05, 0) is 49.7 Å². The Hall–Kier alpha value is -1.07. The van der Waals surface area contributed by atoms with Crippen LogP contribution in [-0.4, -0.2) is 21.0 Å². The minimum absolute atomic E-state index is 0.138. The van der Waals surface area contributed by atoms with E-state index >= 15 is 0 Å². The summed E-state index contributed by atoms with van der Waals surface area (Å²) in [5.74, 6) is 1.46. The topological polar surface area (TPSA) is 58.2 Å². The number of hydrogen-bond donors (Lipinski definition) is 2. The number of anilines is 1. The van der Waals surface area contributed by atoms with Crippen LogP contribution in [0.5, 0.6) is 0 Å². The maximum absolute atomic E-state index is 12.4. The monoisotopic (exact) mass is 308 g/mol. The highest BCUT2D eigenvalue weighted by Gasteiger charge is 2.29. The molecule has 0 aromatic heterocycles. The maximum Gasteiger partial charge on any atom is 0.242 e. The van der Waals surface area contributed by atoms with Gasteiger partial charge in [0.1, 0.15) is 4.90 Å². The van der Waals surface area contributed by atoms with Gasteiger partial charge in [-0.25, -0.2) is 13.1 Å². The summed E-state index contributed by atoms with van der Waals surface area (Å²) in [5, 5.41) is 3.36. The number of benzene rings is 1. The Balaban J connectivity index is 1.70. The first kappa shape index (κ1) is 14.9. The molecule has 3 rings (SSSR count). The van der Waals surface area contributed by atoms with Gasteiger partial charge in [-0.15, -0.1) is 0 Å². The maximum atomic E-state index is 12.4. The van der Waals surface area contributed by atoms with E-state index in [9.17, 15) is 8.42 Å². The van der Waals surface area contributed by atoms with Gasteiger partial charge in [-0.1, -0.05) is 25.5 Å². The van der Waals surface area contributed by atoms with E-state index in [1.54, 1.807) is 12.1 Å². The second-order valence-electron chi connectivity index (χ2n) is 6.56. The third-order valence-electron chi connectivity index (χ3n) is 4.46. The summed E-state index contributed by atoms with van der Waals surface area (Å²) >= 11 is 0. The van der Waals surface area contributed by atoms with Crippen molar-refractivity contribution >= 4 is 15.7 Å². The predicted molar refractivity (Wildman–Crippen MR) is 84.8 cm³/mol. The van der Waals surface area contributed by atoms with Gasteiger partial charge in [0.25, 0.3) is 0 Å². The van der Waals surface area contributed by atoms with Gasteiger partial charge in [0.05, 0.1) is 5.69 Å². The average Bonchev–Trinajstić information content (AvgIpc) is 3.15. The molecule has 0 amide bonds. The number of para-hydroxylation sites is 1. The molecule has 116 valence electrons. The van der Waals surface area contributed by atoms with E-state index in [1.807, 2.05) is 12.1 Å². The molecule has 1 aromatic carbocycles. The van der Waals surface area contributed by atoms with Crippen molar-refractivity contribution in [2.75, 3.05) is 11.9 Å². The van der Waals surface area contributed by atoms with Gasteiger partial charge in [0.15, 0.2) is 0 Å². The first-order valence-corrected chi connectivity index (χ1v) is 9.38. The molecule has 4 nitrogen and oxygen atoms in total. The van der Waals surface area contributed by atoms with E-state index < -0.39 is 10.0 Å². The van der Waals surface area contributed by atoms with Crippen molar-refractivity contribution in [2.45, 2.75) is 50.0 Å². The van der Waals surface area contributed by atoms with Gasteiger partial charge in [0.2, 0.25) is 10.0 Å². The molecule has 2 aliphatic rings. The zero-order chi connectivity index (χ0) is 14.9. The number of hydrogen-bond acceptors (Lipinski definition) is 3. The molecule has 2 fully saturated rings. The first-order valence-electron chi connectivity index (χ1n) is 7.90. The smallest absolute Gasteiger partial charge is 0.242 e. The van der Waals surface area contributed by atoms with Crippen molar-refractivity contribution in [3.8, 4) is 0 Å². The molecule has 5 heteroatoms. The highest BCUT2D eigenvalue weighted by Crippen LogP contribution is 2.31. The molecule has 2 atom stereocenters. The Morgan fingerprint density at radius 1 is 1.14 bits per heavy atom. The molecule has 21 heavy (non-hydrogen) atoms. The molecule has 0 saturated heterocycles. The molecule has 2 saturated carbocycles. The van der Waals surface area contributed by atoms with Gasteiger partial charge in [-0.2, -0.15) is 0 Å². The van der Waals surface area contributed by atoms with Gasteiger partial charge >= 0.3 is 0 Å². The predicted octanol–water partition coefficient (Wildman–Crippen LogP) is 2.98. The molecule has 0 aliphatic heterocycles. The summed E-state index contributed by atoms with van der Waals surface area (Å²) in [6.45, 7) is 3.15. The minimum atomic E-state index is -3.40. The van der Waals surface area contributed by atoms with Gasteiger partial charge < -0.3 is 5.32 Å². The zero-order valence-corrected chi connectivity index (χ0v) is 13.3. The lowest BCUT2D eigenvalue weighted by atomic mass is 10.1. The van der Waals surface area contributed by atoms with E-state index in [0.29, 0.717) is 10.8 Å². The molecular weight excluding hydrogens is 284 g/mol. The van der Waals surface area contributed by atoms with Gasteiger partial charge in [0, 0.05) is 12.6 Å². The molecular formula is C16H24N2O2S. The van der Waals surface area contributed by atoms with E-state index in [4.69, 9.17) is 0 Å². The number of sulfonamides is 1. The first-order chi connectivity index (χ1) is 10.0. The minimum Gasteiger partial charge on any atom is -0.384 e. The lowest BCUT2D eigenvalue weighted by molar-refractivity contribution is 0.536. The van der Waals surface area contributed by atoms with Crippen molar-refractivity contribution < 1.29 is 8.42 Å². The average molecular weight is 308 g/mol. The largest absolute Gasteiger partial charge is 0.384 e. The van der Waals surface area contributed by atoms with Crippen molar-refractivity contribution in [1.29, 1.82) is 0 Å². The van der Waals surface area contributed by atoms with Crippen molar-refractivity contribution in [3.63, 3.8) is 0 Å². The lowest BCUT2D eigenvalue weighted by Crippen LogP contribution is -2.27. The van der Waals surface area contributed by atoms with E-state index in [-0.39, 0.29) is 6.04 Å². The second kappa shape index (κ2) is 5.97. The van der Waals surface area contributed by atoms with Crippen LogP contribution in [0.25, 0.3) is 0 Å². The van der Waals surface area contributed by atoms with Crippen LogP contribution in [0.3, 0.4) is 0 Å². The molecule has 0 spiro atoms. The third-order valence-corrected chi connectivity index (χ3v) is 6.04. The summed E-state index contributed by atoms with van der Waals surface area (Å²) in [6.07, 6.45) is 5.67. The Morgan fingerprint density at radius 3 is 2.57 bits per heavy atom. The van der Waals surface area contributed by atoms with Crippen LogP contribution in [0, 0.1) is 11.8 Å². The highest BCUT2D eigenvalue weighted by molar-refractivity contribution is 7.89. The molecule has 0 radical (unpaired) electrons. The summed E-state index contributed by atoms with van der Waals surface area (Å²) in [7, 11) is -3.40. The molecule has 2 unspecified atom stereocenters. The normalized spacial score (nSPS) is 26.0. The van der Waals surface area contributed by atoms with Crippen LogP contribution in [0.2, 0.25) is 0 Å². The summed E-state index contributed by atoms with van der Waals surface area (Å²) in [5.41, 5.74) is 0.727. The number of nitrogens with one attached hydrogen (secondary N) is 2. The molecule has 1 aromatic rings. The SMILES string of the molecule is CC1CCC(CNc2ccccc2S(=O)(=O)NC2CC2)C1. The van der Waals surface area contributed by atoms with Crippen LogP contribution < -0.4 is 10.0 Å². The van der Waals surface area contributed by atoms with Crippen LogP contribution >= 0.6 is 0 Å². The fourth-order valence-electron chi connectivity index (χ4n) is 3.10. The summed E-state index contributed by atoms with van der Waals surface area (Å²) in [6, 6.07) is 7.35. The zero-order valence-electron chi connectivity index (χ0n) is 12.5. The van der Waals surface area contributed by atoms with Crippen LogP contribution in [0.4, 0.5) is 5.69 Å². The Bertz CT molecular complexity index is 596. The highest BCUT2D eigenvalue weighted by atomic mass is 32.2. The fraction of sp³-hybridized carbons (Fsp3) is 0.625. The van der Waals surface area contributed by atoms with Crippen LogP contribution in [0.1, 0.15) is 39.0 Å². The standard InChI is InChI=1S/C16H24N2O2S/c1-12-6-7-13(10-12)11-17-15-4-2-3-5-16(15)21(19,20)18-14-8-9-14/h2-5,12-14,17-18H,6-11H2,1H3. The molecule has 0 bridgehead atoms. The summed E-state index contributed by atoms with van der Waals surface area (Å²) < 4.78 is 27.6. The Labute approximate surface area is 127 Å². The van der Waals surface area contributed by atoms with E-state index in [0.717, 1.165) is 31.0 Å². The van der Waals surface area contributed by atoms with Gasteiger partial charge in [-0.3, -0.25) is 0 Å². The summed E-state index contributed by atoms with van der Waals surface area (Å²) in [4.78, 5) is 0.378. The molecule has 2 N–H and O–H groups in total. The van der Waals surface area contributed by atoms with Crippen LogP contribution in [-0.2, 0) is 10.0 Å². The van der Waals surface area contributed by atoms with Crippen LogP contribution in [0.15, 0.2) is 29.2 Å². The second-order valence-corrected chi connectivity index (χ2v) is 8.24. The van der Waals surface area contributed by atoms with Crippen molar-refractivity contribution in [2.24, 2.45) is 11.8 Å². The third kappa shape index (κ3) is 3.77. The van der Waals surface area contributed by atoms with E-state index in [1.165, 1.54) is 19.3 Å². The fourth-order valence-corrected chi connectivity index (χ4v) is 4.58. The molecule has 2 aliphatic carbocycles. The molecule has 0 heterocycles. The number of rotatable bonds is 6. The Kier molecular flexibility index (Phi) is 4.22.